The highest BCUT2D eigenvalue weighted by Crippen LogP contribution is 2.38. The van der Waals surface area contributed by atoms with E-state index in [4.69, 9.17) is 0 Å². The lowest BCUT2D eigenvalue weighted by Crippen LogP contribution is -2.49. The molecule has 0 aromatic heterocycles. The van der Waals surface area contributed by atoms with Crippen molar-refractivity contribution in [2.75, 3.05) is 6.61 Å². The summed E-state index contributed by atoms with van der Waals surface area (Å²) >= 11 is 3.52. The van der Waals surface area contributed by atoms with Gasteiger partial charge in [0.15, 0.2) is 0 Å². The quantitative estimate of drug-likeness (QED) is 0.874. The normalized spacial score (nSPS) is 24.9. The zero-order valence-corrected chi connectivity index (χ0v) is 12.7. The molecule has 100 valence electrons. The van der Waals surface area contributed by atoms with Crippen LogP contribution in [0.4, 0.5) is 0 Å². The van der Waals surface area contributed by atoms with Crippen molar-refractivity contribution in [3.8, 4) is 0 Å². The van der Waals surface area contributed by atoms with Gasteiger partial charge in [0, 0.05) is 16.6 Å². The fourth-order valence-corrected chi connectivity index (χ4v) is 2.96. The Bertz CT molecular complexity index is 388. The van der Waals surface area contributed by atoms with E-state index in [1.807, 2.05) is 0 Å². The average Bonchev–Trinajstić information content (AvgIpc) is 2.27. The number of nitrogens with one attached hydrogen (secondary N) is 1. The first-order chi connectivity index (χ1) is 8.60. The van der Waals surface area contributed by atoms with E-state index in [9.17, 15) is 5.11 Å². The summed E-state index contributed by atoms with van der Waals surface area (Å²) in [5.41, 5.74) is 1.42. The molecule has 0 spiro atoms. The highest BCUT2D eigenvalue weighted by molar-refractivity contribution is 9.10. The van der Waals surface area contributed by atoms with E-state index >= 15 is 0 Å². The monoisotopic (exact) mass is 311 g/mol. The maximum atomic E-state index is 9.32. The first-order valence-electron chi connectivity index (χ1n) is 6.72. The fraction of sp³-hybridized carbons (Fsp3) is 0.600. The van der Waals surface area contributed by atoms with Gasteiger partial charge in [-0.2, -0.15) is 0 Å². The predicted octanol–water partition coefficient (Wildman–Crippen LogP) is 3.30. The number of aliphatic hydroxyl groups is 1. The molecule has 1 atom stereocenters. The molecule has 2 nitrogen and oxygen atoms in total. The van der Waals surface area contributed by atoms with Crippen molar-refractivity contribution in [2.45, 2.75) is 44.7 Å². The molecule has 18 heavy (non-hydrogen) atoms. The Kier molecular flexibility index (Phi) is 4.82. The Labute approximate surface area is 118 Å². The number of benzene rings is 1. The van der Waals surface area contributed by atoms with Gasteiger partial charge >= 0.3 is 0 Å². The molecule has 0 saturated heterocycles. The van der Waals surface area contributed by atoms with Gasteiger partial charge < -0.3 is 10.4 Å². The Balaban J connectivity index is 1.83. The van der Waals surface area contributed by atoms with E-state index < -0.39 is 0 Å². The molecule has 3 heteroatoms. The molecule has 0 amide bonds. The van der Waals surface area contributed by atoms with Crippen molar-refractivity contribution in [2.24, 2.45) is 5.92 Å². The summed E-state index contributed by atoms with van der Waals surface area (Å²) in [4.78, 5) is 0. The molecule has 0 heterocycles. The van der Waals surface area contributed by atoms with Gasteiger partial charge in [0.2, 0.25) is 0 Å². The van der Waals surface area contributed by atoms with Crippen LogP contribution < -0.4 is 5.32 Å². The molecule has 1 aromatic rings. The maximum absolute atomic E-state index is 9.32. The lowest BCUT2D eigenvalue weighted by molar-refractivity contribution is 0.169. The second kappa shape index (κ2) is 6.18. The average molecular weight is 312 g/mol. The number of hydrogen-bond donors (Lipinski definition) is 2. The molecule has 2 rings (SSSR count). The van der Waals surface area contributed by atoms with Crippen molar-refractivity contribution in [3.05, 3.63) is 34.3 Å². The van der Waals surface area contributed by atoms with Gasteiger partial charge in [0.05, 0.1) is 6.61 Å². The molecule has 1 aliphatic rings. The van der Waals surface area contributed by atoms with Crippen molar-refractivity contribution in [1.29, 1.82) is 0 Å². The molecule has 1 saturated carbocycles. The fourth-order valence-electron chi connectivity index (χ4n) is 2.55. The minimum atomic E-state index is 0.232. The number of hydrogen-bond acceptors (Lipinski definition) is 2. The highest BCUT2D eigenvalue weighted by atomic mass is 79.9. The van der Waals surface area contributed by atoms with Gasteiger partial charge in [-0.25, -0.2) is 0 Å². The Morgan fingerprint density at radius 2 is 2.11 bits per heavy atom. The van der Waals surface area contributed by atoms with Crippen molar-refractivity contribution >= 4 is 15.9 Å². The summed E-state index contributed by atoms with van der Waals surface area (Å²) in [6, 6.07) is 9.39. The van der Waals surface area contributed by atoms with Crippen LogP contribution in [0.15, 0.2) is 28.7 Å². The summed E-state index contributed by atoms with van der Waals surface area (Å²) in [7, 11) is 0. The first-order valence-corrected chi connectivity index (χ1v) is 7.51. The molecule has 1 aliphatic carbocycles. The third kappa shape index (κ3) is 3.34. The van der Waals surface area contributed by atoms with Crippen LogP contribution in [0.3, 0.4) is 0 Å². The van der Waals surface area contributed by atoms with E-state index in [1.165, 1.54) is 18.4 Å². The maximum Gasteiger partial charge on any atom is 0.0587 e. The van der Waals surface area contributed by atoms with E-state index in [0.29, 0.717) is 17.9 Å². The van der Waals surface area contributed by atoms with Crippen molar-refractivity contribution in [3.63, 3.8) is 0 Å². The minimum Gasteiger partial charge on any atom is -0.395 e. The van der Waals surface area contributed by atoms with E-state index in [1.54, 1.807) is 0 Å². The zero-order valence-electron chi connectivity index (χ0n) is 11.1. The lowest BCUT2D eigenvalue weighted by atomic mass is 9.75. The second-order valence-electron chi connectivity index (χ2n) is 5.62. The van der Waals surface area contributed by atoms with Crippen molar-refractivity contribution in [1.82, 2.24) is 5.32 Å². The smallest absolute Gasteiger partial charge is 0.0587 e. The predicted molar refractivity (Wildman–Crippen MR) is 78.8 cm³/mol. The van der Waals surface area contributed by atoms with Crippen LogP contribution in [0.1, 0.15) is 38.2 Å². The van der Waals surface area contributed by atoms with Crippen LogP contribution in [0.2, 0.25) is 0 Å². The minimum absolute atomic E-state index is 0.232. The SMILES string of the molecule is CC(C)C(CO)NC1CC(c2cccc(Br)c2)C1. The summed E-state index contributed by atoms with van der Waals surface area (Å²) in [6.07, 6.45) is 2.36. The third-order valence-corrected chi connectivity index (χ3v) is 4.40. The van der Waals surface area contributed by atoms with Crippen LogP contribution in [-0.2, 0) is 0 Å². The Morgan fingerprint density at radius 1 is 1.39 bits per heavy atom. The standard InChI is InChI=1S/C15H22BrNO/c1-10(2)15(9-18)17-14-7-12(8-14)11-4-3-5-13(16)6-11/h3-6,10,12,14-15,17-18H,7-9H2,1-2H3. The van der Waals surface area contributed by atoms with Gasteiger partial charge in [-0.3, -0.25) is 0 Å². The van der Waals surface area contributed by atoms with Crippen LogP contribution in [0.25, 0.3) is 0 Å². The molecule has 1 unspecified atom stereocenters. The largest absolute Gasteiger partial charge is 0.395 e. The van der Waals surface area contributed by atoms with Gasteiger partial charge in [-0.1, -0.05) is 41.9 Å². The summed E-state index contributed by atoms with van der Waals surface area (Å²) < 4.78 is 1.16. The number of rotatable bonds is 5. The third-order valence-electron chi connectivity index (χ3n) is 3.91. The van der Waals surface area contributed by atoms with Crippen LogP contribution in [0, 0.1) is 5.92 Å². The molecule has 0 bridgehead atoms. The van der Waals surface area contributed by atoms with Crippen LogP contribution >= 0.6 is 15.9 Å². The van der Waals surface area contributed by atoms with Gasteiger partial charge in [-0.15, -0.1) is 0 Å². The van der Waals surface area contributed by atoms with Gasteiger partial charge in [0.1, 0.15) is 0 Å². The number of halogens is 1. The summed E-state index contributed by atoms with van der Waals surface area (Å²) in [5.74, 6) is 1.16. The van der Waals surface area contributed by atoms with Crippen LogP contribution in [-0.4, -0.2) is 23.8 Å². The molecule has 2 N–H and O–H groups in total. The molecule has 0 aliphatic heterocycles. The topological polar surface area (TPSA) is 32.3 Å². The molecule has 1 fully saturated rings. The summed E-state index contributed by atoms with van der Waals surface area (Å²) in [5, 5.41) is 12.9. The van der Waals surface area contributed by atoms with E-state index in [2.05, 4.69) is 59.4 Å². The molecular formula is C15H22BrNO. The lowest BCUT2D eigenvalue weighted by Gasteiger charge is -2.39. The van der Waals surface area contributed by atoms with Gasteiger partial charge in [0.25, 0.3) is 0 Å². The first kappa shape index (κ1) is 14.0. The van der Waals surface area contributed by atoms with Crippen LogP contribution in [0.5, 0.6) is 0 Å². The Morgan fingerprint density at radius 3 is 2.67 bits per heavy atom. The van der Waals surface area contributed by atoms with Crippen molar-refractivity contribution < 1.29 is 5.11 Å². The zero-order chi connectivity index (χ0) is 13.1. The Hall–Kier alpha value is -0.380. The summed E-state index contributed by atoms with van der Waals surface area (Å²) in [6.45, 7) is 4.53. The molecule has 1 aromatic carbocycles. The van der Waals surface area contributed by atoms with E-state index in [0.717, 1.165) is 4.47 Å². The second-order valence-corrected chi connectivity index (χ2v) is 6.54. The van der Waals surface area contributed by atoms with Gasteiger partial charge in [-0.05, 0) is 42.4 Å². The molecule has 0 radical (unpaired) electrons. The molecular weight excluding hydrogens is 290 g/mol. The van der Waals surface area contributed by atoms with E-state index in [-0.39, 0.29) is 12.6 Å². The number of aliphatic hydroxyl groups excluding tert-OH is 1. The highest BCUT2D eigenvalue weighted by Gasteiger charge is 2.32.